The maximum absolute atomic E-state index is 13.1. The molecule has 0 fully saturated rings. The standard InChI is InChI=1S/C19H14F2N2O2S2/c1-11-6-7-15(27-11)13-9-26-17-16(13)18(24)23(10-22-17)8-12-4-2-3-5-14(12)25-19(20)21/h2-7,9-10,19H,8H2,1H3. The van der Waals surface area contributed by atoms with Crippen LogP contribution in [0.4, 0.5) is 8.78 Å². The molecule has 4 nitrogen and oxygen atoms in total. The predicted octanol–water partition coefficient (Wildman–Crippen LogP) is 5.14. The second-order valence-corrected chi connectivity index (χ2v) is 8.05. The number of thiophene rings is 2. The van der Waals surface area contributed by atoms with Gasteiger partial charge in [0.2, 0.25) is 0 Å². The number of para-hydroxylation sites is 1. The Labute approximate surface area is 161 Å². The molecule has 0 aliphatic heterocycles. The minimum atomic E-state index is -2.92. The minimum absolute atomic E-state index is 0.0546. The Morgan fingerprint density at radius 2 is 2.04 bits per heavy atom. The van der Waals surface area contributed by atoms with Crippen molar-refractivity contribution in [3.8, 4) is 16.2 Å². The lowest BCUT2D eigenvalue weighted by Gasteiger charge is -2.11. The van der Waals surface area contributed by atoms with Crippen LogP contribution >= 0.6 is 22.7 Å². The zero-order valence-electron chi connectivity index (χ0n) is 14.2. The minimum Gasteiger partial charge on any atom is -0.434 e. The smallest absolute Gasteiger partial charge is 0.387 e. The number of aryl methyl sites for hydroxylation is 1. The molecular weight excluding hydrogens is 390 g/mol. The van der Waals surface area contributed by atoms with E-state index < -0.39 is 6.61 Å². The zero-order chi connectivity index (χ0) is 19.0. The summed E-state index contributed by atoms with van der Waals surface area (Å²) in [6.07, 6.45) is 1.45. The highest BCUT2D eigenvalue weighted by Gasteiger charge is 2.16. The molecule has 0 radical (unpaired) electrons. The summed E-state index contributed by atoms with van der Waals surface area (Å²) in [6.45, 7) is -0.808. The van der Waals surface area contributed by atoms with Crippen molar-refractivity contribution in [2.24, 2.45) is 0 Å². The van der Waals surface area contributed by atoms with Gasteiger partial charge in [-0.1, -0.05) is 18.2 Å². The second-order valence-electron chi connectivity index (χ2n) is 5.90. The Morgan fingerprint density at radius 1 is 1.22 bits per heavy atom. The average molecular weight is 404 g/mol. The molecule has 27 heavy (non-hydrogen) atoms. The van der Waals surface area contributed by atoms with Crippen LogP contribution in [-0.4, -0.2) is 16.2 Å². The quantitative estimate of drug-likeness (QED) is 0.462. The number of ether oxygens (including phenoxy) is 1. The Balaban J connectivity index is 1.78. The SMILES string of the molecule is Cc1ccc(-c2csc3ncn(Cc4ccccc4OC(F)F)c(=O)c23)s1. The van der Waals surface area contributed by atoms with Crippen molar-refractivity contribution in [1.82, 2.24) is 9.55 Å². The molecule has 0 saturated carbocycles. The fraction of sp³-hybridized carbons (Fsp3) is 0.158. The van der Waals surface area contributed by atoms with E-state index in [0.29, 0.717) is 15.8 Å². The van der Waals surface area contributed by atoms with Crippen molar-refractivity contribution < 1.29 is 13.5 Å². The molecule has 0 saturated heterocycles. The van der Waals surface area contributed by atoms with Crippen molar-refractivity contribution in [2.45, 2.75) is 20.1 Å². The number of benzene rings is 1. The predicted molar refractivity (Wildman–Crippen MR) is 104 cm³/mol. The van der Waals surface area contributed by atoms with E-state index in [9.17, 15) is 13.6 Å². The van der Waals surface area contributed by atoms with Gasteiger partial charge >= 0.3 is 6.61 Å². The Hall–Kier alpha value is -2.58. The molecule has 0 bridgehead atoms. The topological polar surface area (TPSA) is 44.1 Å². The van der Waals surface area contributed by atoms with Gasteiger partial charge in [0.15, 0.2) is 0 Å². The Bertz CT molecular complexity index is 1160. The number of alkyl halides is 2. The second kappa shape index (κ2) is 7.21. The van der Waals surface area contributed by atoms with Gasteiger partial charge in [0.25, 0.3) is 5.56 Å². The third-order valence-corrected chi connectivity index (χ3v) is 6.02. The first-order valence-corrected chi connectivity index (χ1v) is 9.78. The van der Waals surface area contributed by atoms with Gasteiger partial charge in [-0.05, 0) is 25.1 Å². The van der Waals surface area contributed by atoms with E-state index in [1.807, 2.05) is 24.4 Å². The van der Waals surface area contributed by atoms with Gasteiger partial charge in [0.05, 0.1) is 18.3 Å². The third-order valence-electron chi connectivity index (χ3n) is 4.10. The van der Waals surface area contributed by atoms with Crippen molar-refractivity contribution >= 4 is 32.9 Å². The largest absolute Gasteiger partial charge is 0.434 e. The van der Waals surface area contributed by atoms with E-state index in [1.54, 1.807) is 29.5 Å². The molecule has 0 aliphatic carbocycles. The summed E-state index contributed by atoms with van der Waals surface area (Å²) in [4.78, 5) is 20.3. The van der Waals surface area contributed by atoms with Crippen LogP contribution in [0.5, 0.6) is 5.75 Å². The number of hydrogen-bond donors (Lipinski definition) is 0. The van der Waals surface area contributed by atoms with Gasteiger partial charge in [0, 0.05) is 26.3 Å². The fourth-order valence-corrected chi connectivity index (χ4v) is 4.73. The van der Waals surface area contributed by atoms with E-state index >= 15 is 0 Å². The summed E-state index contributed by atoms with van der Waals surface area (Å²) in [6, 6.07) is 10.4. The molecule has 4 rings (SSSR count). The summed E-state index contributed by atoms with van der Waals surface area (Å²) >= 11 is 3.03. The Kier molecular flexibility index (Phi) is 4.75. The molecule has 4 aromatic rings. The lowest BCUT2D eigenvalue weighted by atomic mass is 10.2. The van der Waals surface area contributed by atoms with Crippen LogP contribution < -0.4 is 10.3 Å². The highest BCUT2D eigenvalue weighted by Crippen LogP contribution is 2.35. The van der Waals surface area contributed by atoms with E-state index in [-0.39, 0.29) is 17.9 Å². The third kappa shape index (κ3) is 3.50. The van der Waals surface area contributed by atoms with Crippen LogP contribution in [0.15, 0.2) is 52.9 Å². The lowest BCUT2D eigenvalue weighted by molar-refractivity contribution is -0.0504. The van der Waals surface area contributed by atoms with Crippen LogP contribution in [0, 0.1) is 6.92 Å². The lowest BCUT2D eigenvalue weighted by Crippen LogP contribution is -2.21. The monoisotopic (exact) mass is 404 g/mol. The molecule has 0 unspecified atom stereocenters. The van der Waals surface area contributed by atoms with Gasteiger partial charge in [-0.3, -0.25) is 9.36 Å². The number of aromatic nitrogens is 2. The first-order valence-electron chi connectivity index (χ1n) is 8.09. The molecule has 3 aromatic heterocycles. The first kappa shape index (κ1) is 17.8. The van der Waals surface area contributed by atoms with E-state index in [1.165, 1.54) is 28.3 Å². The van der Waals surface area contributed by atoms with Crippen LogP contribution in [-0.2, 0) is 6.54 Å². The van der Waals surface area contributed by atoms with E-state index in [4.69, 9.17) is 0 Å². The highest BCUT2D eigenvalue weighted by molar-refractivity contribution is 7.19. The van der Waals surface area contributed by atoms with Gasteiger partial charge in [-0.2, -0.15) is 8.78 Å². The molecule has 0 spiro atoms. The van der Waals surface area contributed by atoms with Gasteiger partial charge in [-0.15, -0.1) is 22.7 Å². The summed E-state index contributed by atoms with van der Waals surface area (Å²) in [5, 5.41) is 2.49. The van der Waals surface area contributed by atoms with Crippen LogP contribution in [0.25, 0.3) is 20.7 Å². The normalized spacial score (nSPS) is 11.4. The van der Waals surface area contributed by atoms with Crippen LogP contribution in [0.3, 0.4) is 0 Å². The molecule has 8 heteroatoms. The van der Waals surface area contributed by atoms with E-state index in [2.05, 4.69) is 9.72 Å². The summed E-state index contributed by atoms with van der Waals surface area (Å²) in [7, 11) is 0. The molecule has 138 valence electrons. The molecule has 0 atom stereocenters. The molecular formula is C19H14F2N2O2S2. The maximum atomic E-state index is 13.1. The number of fused-ring (bicyclic) bond motifs is 1. The average Bonchev–Trinajstić information content (AvgIpc) is 3.25. The number of hydrogen-bond acceptors (Lipinski definition) is 5. The van der Waals surface area contributed by atoms with Gasteiger partial charge in [0.1, 0.15) is 10.6 Å². The summed E-state index contributed by atoms with van der Waals surface area (Å²) < 4.78 is 31.2. The van der Waals surface area contributed by atoms with Crippen molar-refractivity contribution in [3.63, 3.8) is 0 Å². The van der Waals surface area contributed by atoms with Crippen LogP contribution in [0.2, 0.25) is 0 Å². The zero-order valence-corrected chi connectivity index (χ0v) is 15.8. The number of rotatable bonds is 5. The number of halogens is 2. The van der Waals surface area contributed by atoms with Crippen LogP contribution in [0.1, 0.15) is 10.4 Å². The summed E-state index contributed by atoms with van der Waals surface area (Å²) in [5.41, 5.74) is 1.15. The molecule has 3 heterocycles. The van der Waals surface area contributed by atoms with E-state index in [0.717, 1.165) is 15.3 Å². The molecule has 0 N–H and O–H groups in total. The van der Waals surface area contributed by atoms with Crippen molar-refractivity contribution in [2.75, 3.05) is 0 Å². The number of nitrogens with zero attached hydrogens (tertiary/aromatic N) is 2. The molecule has 0 aliphatic rings. The fourth-order valence-electron chi connectivity index (χ4n) is 2.87. The maximum Gasteiger partial charge on any atom is 0.387 e. The highest BCUT2D eigenvalue weighted by atomic mass is 32.1. The van der Waals surface area contributed by atoms with Crippen molar-refractivity contribution in [1.29, 1.82) is 0 Å². The first-order chi connectivity index (χ1) is 13.0. The Morgan fingerprint density at radius 3 is 2.78 bits per heavy atom. The summed E-state index contributed by atoms with van der Waals surface area (Å²) in [5.74, 6) is 0.0546. The molecule has 0 amide bonds. The van der Waals surface area contributed by atoms with Gasteiger partial charge < -0.3 is 4.74 Å². The molecule has 1 aromatic carbocycles. The van der Waals surface area contributed by atoms with Crippen molar-refractivity contribution in [3.05, 3.63) is 68.9 Å². The van der Waals surface area contributed by atoms with Gasteiger partial charge in [-0.25, -0.2) is 4.98 Å².